The lowest BCUT2D eigenvalue weighted by Gasteiger charge is -2.34. The van der Waals surface area contributed by atoms with Crippen molar-refractivity contribution in [3.8, 4) is 17.2 Å². The maximum atomic E-state index is 12.8. The molecule has 0 unspecified atom stereocenters. The molecule has 2 aromatic rings. The van der Waals surface area contributed by atoms with Crippen LogP contribution >= 0.6 is 28.6 Å². The molecule has 0 saturated heterocycles. The highest BCUT2D eigenvalue weighted by Gasteiger charge is 2.36. The van der Waals surface area contributed by atoms with Gasteiger partial charge in [-0.05, 0) is 36.8 Å². The van der Waals surface area contributed by atoms with Crippen LogP contribution in [0.25, 0.3) is 0 Å². The minimum absolute atomic E-state index is 0.0190. The van der Waals surface area contributed by atoms with Crippen LogP contribution in [0.4, 0.5) is 10.5 Å². The van der Waals surface area contributed by atoms with Gasteiger partial charge < -0.3 is 24.1 Å². The molecule has 0 aliphatic carbocycles. The molecular weight excluding hydrogens is 502 g/mol. The largest absolute Gasteiger partial charge is 0.508 e. The first kappa shape index (κ1) is 24.1. The number of anilines is 1. The number of carbonyl (C=O) groups excluding carboxylic acids is 2. The smallest absolute Gasteiger partial charge is 0.412 e. The number of amides is 1. The predicted octanol–water partition coefficient (Wildman–Crippen LogP) is 5.06. The molecule has 0 bridgehead atoms. The first-order valence-electron chi connectivity index (χ1n) is 9.82. The SMILES string of the molecule is CC(C)(CCOC(=O)CS)[C@H](OC(=O)Nc1ccc2c(c1)OCO2)c1cc(Br)ccc1O. The van der Waals surface area contributed by atoms with Gasteiger partial charge in [0.25, 0.3) is 0 Å². The van der Waals surface area contributed by atoms with E-state index in [1.807, 2.05) is 13.8 Å². The summed E-state index contributed by atoms with van der Waals surface area (Å²) >= 11 is 7.28. The van der Waals surface area contributed by atoms with Gasteiger partial charge in [-0.15, -0.1) is 0 Å². The number of carbonyl (C=O) groups is 2. The van der Waals surface area contributed by atoms with Gasteiger partial charge in [-0.25, -0.2) is 4.79 Å². The maximum absolute atomic E-state index is 12.8. The molecule has 1 aliphatic rings. The first-order chi connectivity index (χ1) is 15.2. The number of ether oxygens (including phenoxy) is 4. The maximum Gasteiger partial charge on any atom is 0.412 e. The van der Waals surface area contributed by atoms with Gasteiger partial charge in [-0.3, -0.25) is 10.1 Å². The zero-order chi connectivity index (χ0) is 23.3. The van der Waals surface area contributed by atoms with Crippen molar-refractivity contribution in [2.24, 2.45) is 5.41 Å². The Labute approximate surface area is 199 Å². The van der Waals surface area contributed by atoms with Crippen LogP contribution in [-0.2, 0) is 14.3 Å². The number of nitrogens with one attached hydrogen (secondary N) is 1. The molecule has 0 aromatic heterocycles. The zero-order valence-corrected chi connectivity index (χ0v) is 20.1. The molecule has 0 fully saturated rings. The van der Waals surface area contributed by atoms with Gasteiger partial charge in [0.05, 0.1) is 12.4 Å². The molecule has 1 aliphatic heterocycles. The second kappa shape index (κ2) is 10.4. The normalized spacial score (nSPS) is 13.4. The standard InChI is InChI=1S/C22H24BrNO7S/c1-22(2,7-8-28-19(26)11-32)20(15-9-13(23)3-5-16(15)25)31-21(27)24-14-4-6-17-18(10-14)30-12-29-17/h3-6,9-10,20,25,32H,7-8,11-12H2,1-2H3,(H,24,27)/t20-/m1/s1. The molecule has 1 amide bonds. The average molecular weight is 526 g/mol. The Balaban J connectivity index is 1.79. The van der Waals surface area contributed by atoms with Crippen molar-refractivity contribution in [2.75, 3.05) is 24.5 Å². The van der Waals surface area contributed by atoms with Crippen molar-refractivity contribution in [3.63, 3.8) is 0 Å². The van der Waals surface area contributed by atoms with Crippen LogP contribution in [0.15, 0.2) is 40.9 Å². The third-order valence-electron chi connectivity index (χ3n) is 4.96. The number of aromatic hydroxyl groups is 1. The van der Waals surface area contributed by atoms with E-state index >= 15 is 0 Å². The summed E-state index contributed by atoms with van der Waals surface area (Å²) in [5, 5.41) is 13.1. The molecule has 0 saturated carbocycles. The summed E-state index contributed by atoms with van der Waals surface area (Å²) in [4.78, 5) is 24.2. The van der Waals surface area contributed by atoms with Gasteiger partial charge in [-0.1, -0.05) is 29.8 Å². The second-order valence-electron chi connectivity index (χ2n) is 7.80. The molecule has 1 atom stereocenters. The van der Waals surface area contributed by atoms with E-state index < -0.39 is 23.6 Å². The van der Waals surface area contributed by atoms with Crippen LogP contribution in [0.2, 0.25) is 0 Å². The predicted molar refractivity (Wildman–Crippen MR) is 124 cm³/mol. The van der Waals surface area contributed by atoms with Crippen molar-refractivity contribution in [3.05, 3.63) is 46.4 Å². The summed E-state index contributed by atoms with van der Waals surface area (Å²) in [6.45, 7) is 3.96. The van der Waals surface area contributed by atoms with E-state index in [2.05, 4.69) is 33.9 Å². The number of halogens is 1. The van der Waals surface area contributed by atoms with Gasteiger partial charge in [-0.2, -0.15) is 12.6 Å². The van der Waals surface area contributed by atoms with Gasteiger partial charge in [0.2, 0.25) is 6.79 Å². The number of hydrogen-bond acceptors (Lipinski definition) is 8. The molecule has 32 heavy (non-hydrogen) atoms. The molecule has 2 aromatic carbocycles. The molecule has 10 heteroatoms. The first-order valence-corrected chi connectivity index (χ1v) is 11.2. The number of fused-ring (bicyclic) bond motifs is 1. The highest BCUT2D eigenvalue weighted by atomic mass is 79.9. The summed E-state index contributed by atoms with van der Waals surface area (Å²) in [5.41, 5.74) is 0.198. The van der Waals surface area contributed by atoms with Crippen molar-refractivity contribution < 1.29 is 33.6 Å². The Morgan fingerprint density at radius 2 is 1.97 bits per heavy atom. The van der Waals surface area contributed by atoms with Gasteiger partial charge in [0.15, 0.2) is 11.5 Å². The van der Waals surface area contributed by atoms with Crippen LogP contribution in [0.5, 0.6) is 17.2 Å². The average Bonchev–Trinajstić information content (AvgIpc) is 3.21. The van der Waals surface area contributed by atoms with Crippen molar-refractivity contribution in [1.82, 2.24) is 0 Å². The Kier molecular flexibility index (Phi) is 7.78. The summed E-state index contributed by atoms with van der Waals surface area (Å²) in [7, 11) is 0. The number of hydrogen-bond donors (Lipinski definition) is 3. The molecule has 172 valence electrons. The number of thiol groups is 1. The van der Waals surface area contributed by atoms with Crippen molar-refractivity contribution in [1.29, 1.82) is 0 Å². The minimum atomic E-state index is -0.844. The highest BCUT2D eigenvalue weighted by Crippen LogP contribution is 2.44. The van der Waals surface area contributed by atoms with E-state index in [4.69, 9.17) is 18.9 Å². The fourth-order valence-corrected chi connectivity index (χ4v) is 3.68. The third kappa shape index (κ3) is 6.01. The van der Waals surface area contributed by atoms with E-state index in [1.165, 1.54) is 6.07 Å². The Hall–Kier alpha value is -2.59. The lowest BCUT2D eigenvalue weighted by molar-refractivity contribution is -0.141. The van der Waals surface area contributed by atoms with E-state index in [1.54, 1.807) is 30.3 Å². The van der Waals surface area contributed by atoms with Gasteiger partial charge >= 0.3 is 12.1 Å². The fraction of sp³-hybridized carbons (Fsp3) is 0.364. The number of benzene rings is 2. The van der Waals surface area contributed by atoms with Gasteiger partial charge in [0, 0.05) is 27.2 Å². The summed E-state index contributed by atoms with van der Waals surface area (Å²) in [6.07, 6.45) is -1.18. The number of phenolic OH excluding ortho intramolecular Hbond substituents is 1. The van der Waals surface area contributed by atoms with E-state index in [9.17, 15) is 14.7 Å². The summed E-state index contributed by atoms with van der Waals surface area (Å²) < 4.78 is 22.2. The van der Waals surface area contributed by atoms with Crippen molar-refractivity contribution in [2.45, 2.75) is 26.4 Å². The number of phenols is 1. The van der Waals surface area contributed by atoms with Crippen LogP contribution in [0, 0.1) is 5.41 Å². The molecular formula is C22H24BrNO7S. The Bertz CT molecular complexity index is 998. The number of esters is 1. The minimum Gasteiger partial charge on any atom is -0.508 e. The second-order valence-corrected chi connectivity index (χ2v) is 9.03. The zero-order valence-electron chi connectivity index (χ0n) is 17.6. The van der Waals surface area contributed by atoms with E-state index in [0.717, 1.165) is 0 Å². The Morgan fingerprint density at radius 1 is 1.22 bits per heavy atom. The van der Waals surface area contributed by atoms with E-state index in [0.29, 0.717) is 33.6 Å². The van der Waals surface area contributed by atoms with Crippen LogP contribution in [0.1, 0.15) is 31.9 Å². The quantitative estimate of drug-likeness (QED) is 0.326. The van der Waals surface area contributed by atoms with E-state index in [-0.39, 0.29) is 24.9 Å². The van der Waals surface area contributed by atoms with Crippen LogP contribution in [0.3, 0.4) is 0 Å². The summed E-state index contributed by atoms with van der Waals surface area (Å²) in [5.74, 6) is 0.639. The fourth-order valence-electron chi connectivity index (χ4n) is 3.21. The molecule has 2 N–H and O–H groups in total. The van der Waals surface area contributed by atoms with Gasteiger partial charge in [0.1, 0.15) is 11.9 Å². The topological polar surface area (TPSA) is 103 Å². The van der Waals surface area contributed by atoms with Crippen LogP contribution < -0.4 is 14.8 Å². The summed E-state index contributed by atoms with van der Waals surface area (Å²) in [6, 6.07) is 9.89. The monoisotopic (exact) mass is 525 g/mol. The third-order valence-corrected chi connectivity index (χ3v) is 5.72. The molecule has 8 nitrogen and oxygen atoms in total. The lowest BCUT2D eigenvalue weighted by Crippen LogP contribution is -2.30. The van der Waals surface area contributed by atoms with Crippen molar-refractivity contribution >= 4 is 46.3 Å². The number of rotatable bonds is 8. The Morgan fingerprint density at radius 3 is 2.72 bits per heavy atom. The molecule has 0 spiro atoms. The van der Waals surface area contributed by atoms with Crippen LogP contribution in [-0.4, -0.2) is 36.3 Å². The lowest BCUT2D eigenvalue weighted by atomic mass is 9.79. The highest BCUT2D eigenvalue weighted by molar-refractivity contribution is 9.10. The molecule has 0 radical (unpaired) electrons. The molecule has 1 heterocycles. The molecule has 3 rings (SSSR count).